The van der Waals surface area contributed by atoms with Crippen molar-refractivity contribution in [3.8, 4) is 28.1 Å². The van der Waals surface area contributed by atoms with Gasteiger partial charge >= 0.3 is 0 Å². The molecule has 2 aliphatic rings. The highest BCUT2D eigenvalue weighted by Crippen LogP contribution is 2.39. The second-order valence-electron chi connectivity index (χ2n) is 8.15. The maximum absolute atomic E-state index is 13.0. The van der Waals surface area contributed by atoms with E-state index in [1.54, 1.807) is 35.0 Å². The van der Waals surface area contributed by atoms with Crippen molar-refractivity contribution in [3.05, 3.63) is 58.7 Å². The fraction of sp³-hybridized carbons (Fsp3) is 0.250. The number of aromatic nitrogens is 2. The van der Waals surface area contributed by atoms with Gasteiger partial charge in [-0.15, -0.1) is 0 Å². The summed E-state index contributed by atoms with van der Waals surface area (Å²) in [6.45, 7) is 0.310. The number of aryl methyl sites for hydroxylation is 1. The van der Waals surface area contributed by atoms with Crippen LogP contribution in [-0.2, 0) is 23.2 Å². The average molecular weight is 465 g/mol. The third-order valence-corrected chi connectivity index (χ3v) is 6.43. The van der Waals surface area contributed by atoms with Crippen LogP contribution in [-0.4, -0.2) is 45.6 Å². The highest BCUT2D eigenvalue weighted by molar-refractivity contribution is 6.31. The van der Waals surface area contributed by atoms with Crippen LogP contribution in [0, 0.1) is 0 Å². The first-order valence-electron chi connectivity index (χ1n) is 10.5. The summed E-state index contributed by atoms with van der Waals surface area (Å²) in [6, 6.07) is 10.4. The number of benzene rings is 2. The molecule has 2 aromatic carbocycles. The van der Waals surface area contributed by atoms with Crippen LogP contribution in [0.3, 0.4) is 0 Å². The molecule has 1 saturated heterocycles. The zero-order valence-corrected chi connectivity index (χ0v) is 18.8. The van der Waals surface area contributed by atoms with Crippen LogP contribution in [0.1, 0.15) is 28.8 Å². The lowest BCUT2D eigenvalue weighted by molar-refractivity contribution is -0.136. The van der Waals surface area contributed by atoms with Gasteiger partial charge in [0, 0.05) is 41.7 Å². The largest absolute Gasteiger partial charge is 0.496 e. The number of methoxy groups -OCH3 is 1. The van der Waals surface area contributed by atoms with E-state index in [0.29, 0.717) is 29.3 Å². The summed E-state index contributed by atoms with van der Waals surface area (Å²) in [6.07, 6.45) is 2.33. The minimum Gasteiger partial charge on any atom is -0.496 e. The number of ether oxygens (including phenoxy) is 1. The van der Waals surface area contributed by atoms with E-state index in [1.165, 1.54) is 0 Å². The molecule has 3 aromatic rings. The quantitative estimate of drug-likeness (QED) is 0.598. The van der Waals surface area contributed by atoms with E-state index in [0.717, 1.165) is 27.9 Å². The summed E-state index contributed by atoms with van der Waals surface area (Å²) in [5.41, 5.74) is 4.79. The average Bonchev–Trinajstić information content (AvgIpc) is 3.33. The Kier molecular flexibility index (Phi) is 5.17. The number of carbonyl (C=O) groups excluding carboxylic acids is 3. The van der Waals surface area contributed by atoms with Gasteiger partial charge in [-0.1, -0.05) is 17.7 Å². The lowest BCUT2D eigenvalue weighted by atomic mass is 9.97. The molecule has 1 N–H and O–H groups in total. The highest BCUT2D eigenvalue weighted by Gasteiger charge is 2.39. The molecular weight excluding hydrogens is 444 g/mol. The number of hydrogen-bond acceptors (Lipinski definition) is 5. The van der Waals surface area contributed by atoms with Crippen LogP contribution in [0.15, 0.2) is 42.6 Å². The van der Waals surface area contributed by atoms with Gasteiger partial charge in [-0.05, 0) is 47.9 Å². The Labute approximate surface area is 195 Å². The molecule has 0 spiro atoms. The van der Waals surface area contributed by atoms with Crippen LogP contribution in [0.25, 0.3) is 22.4 Å². The van der Waals surface area contributed by atoms with Gasteiger partial charge in [0.1, 0.15) is 11.8 Å². The molecule has 5 rings (SSSR count). The number of nitrogens with zero attached hydrogens (tertiary/aromatic N) is 3. The van der Waals surface area contributed by atoms with E-state index < -0.39 is 11.9 Å². The Morgan fingerprint density at radius 2 is 1.91 bits per heavy atom. The molecule has 3 heterocycles. The number of halogens is 1. The Morgan fingerprint density at radius 1 is 1.09 bits per heavy atom. The second-order valence-corrected chi connectivity index (χ2v) is 8.58. The number of piperidine rings is 1. The number of carbonyl (C=O) groups is 3. The summed E-state index contributed by atoms with van der Waals surface area (Å²) < 4.78 is 7.31. The van der Waals surface area contributed by atoms with Crippen molar-refractivity contribution in [2.75, 3.05) is 7.11 Å². The lowest BCUT2D eigenvalue weighted by Gasteiger charge is -2.29. The smallest absolute Gasteiger partial charge is 0.255 e. The minimum absolute atomic E-state index is 0.200. The number of rotatable bonds is 4. The number of nitrogens with one attached hydrogen (secondary N) is 1. The summed E-state index contributed by atoms with van der Waals surface area (Å²) in [5.74, 6) is -0.253. The molecule has 1 atom stereocenters. The minimum atomic E-state index is -0.643. The Morgan fingerprint density at radius 3 is 2.67 bits per heavy atom. The molecule has 0 radical (unpaired) electrons. The topological polar surface area (TPSA) is 93.5 Å². The van der Waals surface area contributed by atoms with Crippen molar-refractivity contribution in [2.45, 2.75) is 25.4 Å². The van der Waals surface area contributed by atoms with Crippen molar-refractivity contribution in [1.29, 1.82) is 0 Å². The maximum atomic E-state index is 13.0. The van der Waals surface area contributed by atoms with E-state index >= 15 is 0 Å². The van der Waals surface area contributed by atoms with Gasteiger partial charge < -0.3 is 9.64 Å². The van der Waals surface area contributed by atoms with E-state index in [2.05, 4.69) is 10.4 Å². The van der Waals surface area contributed by atoms with E-state index in [1.807, 2.05) is 31.3 Å². The Bertz CT molecular complexity index is 1320. The fourth-order valence-corrected chi connectivity index (χ4v) is 4.75. The van der Waals surface area contributed by atoms with Crippen molar-refractivity contribution < 1.29 is 19.1 Å². The molecule has 9 heteroatoms. The van der Waals surface area contributed by atoms with Crippen molar-refractivity contribution in [2.24, 2.45) is 7.05 Å². The molecule has 0 aliphatic carbocycles. The molecule has 8 nitrogen and oxygen atoms in total. The molecule has 3 amide bonds. The highest BCUT2D eigenvalue weighted by atomic mass is 35.5. The SMILES string of the molecule is COc1ccc(Cl)cc1-c1c(-c2ccc3c(c2)CN(C2CCC(=O)NC2=O)C3=O)cnn1C. The third kappa shape index (κ3) is 3.56. The predicted octanol–water partition coefficient (Wildman–Crippen LogP) is 3.18. The van der Waals surface area contributed by atoms with Gasteiger partial charge in [0.2, 0.25) is 11.8 Å². The molecule has 168 valence electrons. The summed E-state index contributed by atoms with van der Waals surface area (Å²) in [4.78, 5) is 38.3. The van der Waals surface area contributed by atoms with Crippen molar-refractivity contribution in [1.82, 2.24) is 20.0 Å². The predicted molar refractivity (Wildman–Crippen MR) is 122 cm³/mol. The number of fused-ring (bicyclic) bond motifs is 1. The summed E-state index contributed by atoms with van der Waals surface area (Å²) in [5, 5.41) is 7.35. The summed E-state index contributed by atoms with van der Waals surface area (Å²) in [7, 11) is 3.45. The Balaban J connectivity index is 1.52. The molecule has 1 fully saturated rings. The van der Waals surface area contributed by atoms with E-state index in [9.17, 15) is 14.4 Å². The first-order valence-corrected chi connectivity index (χ1v) is 10.9. The monoisotopic (exact) mass is 464 g/mol. The van der Waals surface area contributed by atoms with Crippen LogP contribution in [0.4, 0.5) is 0 Å². The zero-order valence-electron chi connectivity index (χ0n) is 18.1. The van der Waals surface area contributed by atoms with Crippen LogP contribution >= 0.6 is 11.6 Å². The summed E-state index contributed by atoms with van der Waals surface area (Å²) >= 11 is 6.26. The van der Waals surface area contributed by atoms with Gasteiger partial charge in [-0.3, -0.25) is 24.4 Å². The Hall–Kier alpha value is -3.65. The van der Waals surface area contributed by atoms with Gasteiger partial charge in [-0.2, -0.15) is 5.10 Å². The number of hydrogen-bond donors (Lipinski definition) is 1. The number of imide groups is 1. The molecule has 0 saturated carbocycles. The molecule has 1 unspecified atom stereocenters. The van der Waals surface area contributed by atoms with Crippen LogP contribution in [0.2, 0.25) is 5.02 Å². The standard InChI is InChI=1S/C24H21ClN4O4/c1-28-22(17-10-15(25)4-7-20(17)33-2)18(11-26-28)13-3-5-16-14(9-13)12-29(24(16)32)19-6-8-21(30)27-23(19)31/h3-5,7,9-11,19H,6,8,12H2,1-2H3,(H,27,30,31). The van der Waals surface area contributed by atoms with Crippen molar-refractivity contribution >= 4 is 29.3 Å². The van der Waals surface area contributed by atoms with E-state index in [-0.39, 0.29) is 18.2 Å². The first-order chi connectivity index (χ1) is 15.9. The molecule has 33 heavy (non-hydrogen) atoms. The molecule has 0 bridgehead atoms. The zero-order chi connectivity index (χ0) is 23.3. The van der Waals surface area contributed by atoms with Gasteiger partial charge in [-0.25, -0.2) is 0 Å². The van der Waals surface area contributed by atoms with Gasteiger partial charge in [0.15, 0.2) is 0 Å². The fourth-order valence-electron chi connectivity index (χ4n) is 4.58. The molecule has 1 aromatic heterocycles. The molecular formula is C24H21ClN4O4. The second kappa shape index (κ2) is 8.04. The lowest BCUT2D eigenvalue weighted by Crippen LogP contribution is -2.52. The van der Waals surface area contributed by atoms with Gasteiger partial charge in [0.05, 0.1) is 19.0 Å². The number of amides is 3. The third-order valence-electron chi connectivity index (χ3n) is 6.19. The van der Waals surface area contributed by atoms with Crippen LogP contribution < -0.4 is 10.1 Å². The van der Waals surface area contributed by atoms with E-state index in [4.69, 9.17) is 16.3 Å². The van der Waals surface area contributed by atoms with Crippen LogP contribution in [0.5, 0.6) is 5.75 Å². The first kappa shape index (κ1) is 21.2. The maximum Gasteiger partial charge on any atom is 0.255 e. The van der Waals surface area contributed by atoms with Crippen molar-refractivity contribution in [3.63, 3.8) is 0 Å². The molecule has 2 aliphatic heterocycles. The normalized spacial score (nSPS) is 17.8. The van der Waals surface area contributed by atoms with Gasteiger partial charge in [0.25, 0.3) is 5.91 Å².